The van der Waals surface area contributed by atoms with E-state index in [9.17, 15) is 8.42 Å². The number of hydrogen-bond acceptors (Lipinski definition) is 5. The highest BCUT2D eigenvalue weighted by Crippen LogP contribution is 2.28. The largest absolute Gasteiger partial charge is 0.480 e. The summed E-state index contributed by atoms with van der Waals surface area (Å²) in [5, 5.41) is 0. The molecule has 0 radical (unpaired) electrons. The molecule has 1 saturated heterocycles. The zero-order valence-corrected chi connectivity index (χ0v) is 13.1. The number of methoxy groups -OCH3 is 1. The summed E-state index contributed by atoms with van der Waals surface area (Å²) in [6.07, 6.45) is 3.82. The topological polar surface area (TPSA) is 72.4 Å². The molecule has 1 aromatic carbocycles. The monoisotopic (exact) mass is 319 g/mol. The summed E-state index contributed by atoms with van der Waals surface area (Å²) < 4.78 is 30.6. The van der Waals surface area contributed by atoms with Crippen molar-refractivity contribution in [1.29, 1.82) is 0 Å². The molecular weight excluding hydrogens is 302 g/mol. The van der Waals surface area contributed by atoms with Gasteiger partial charge in [0.05, 0.1) is 18.4 Å². The molecule has 1 fully saturated rings. The summed E-state index contributed by atoms with van der Waals surface area (Å²) >= 11 is 0. The number of hydrogen-bond donors (Lipinski definition) is 0. The third-order valence-electron chi connectivity index (χ3n) is 3.67. The van der Waals surface area contributed by atoms with E-state index in [0.717, 1.165) is 16.7 Å². The Morgan fingerprint density at radius 2 is 2.23 bits per heavy atom. The quantitative estimate of drug-likeness (QED) is 0.857. The van der Waals surface area contributed by atoms with Crippen molar-refractivity contribution in [2.45, 2.75) is 13.0 Å². The van der Waals surface area contributed by atoms with Crippen LogP contribution in [0.25, 0.3) is 11.1 Å². The summed E-state index contributed by atoms with van der Waals surface area (Å²) in [4.78, 5) is 8.12. The minimum absolute atomic E-state index is 0.243. The van der Waals surface area contributed by atoms with Crippen molar-refractivity contribution in [3.63, 3.8) is 0 Å². The molecule has 7 heteroatoms. The fourth-order valence-electron chi connectivity index (χ4n) is 2.59. The fourth-order valence-corrected chi connectivity index (χ4v) is 4.09. The van der Waals surface area contributed by atoms with Gasteiger partial charge in [-0.15, -0.1) is 0 Å². The van der Waals surface area contributed by atoms with E-state index >= 15 is 0 Å². The Balaban J connectivity index is 1.90. The van der Waals surface area contributed by atoms with Crippen LogP contribution in [-0.2, 0) is 16.6 Å². The van der Waals surface area contributed by atoms with E-state index in [0.29, 0.717) is 25.4 Å². The molecule has 3 rings (SSSR count). The molecule has 0 saturated carbocycles. The second kappa shape index (κ2) is 6.02. The molecule has 2 heterocycles. The third-order valence-corrected chi connectivity index (χ3v) is 5.57. The normalized spacial score (nSPS) is 17.5. The lowest BCUT2D eigenvalue weighted by atomic mass is 10.1. The van der Waals surface area contributed by atoms with Crippen LogP contribution in [0.1, 0.15) is 12.0 Å². The van der Waals surface area contributed by atoms with Crippen LogP contribution in [0.4, 0.5) is 0 Å². The van der Waals surface area contributed by atoms with Gasteiger partial charge in [-0.1, -0.05) is 18.2 Å². The van der Waals surface area contributed by atoms with Crippen LogP contribution < -0.4 is 4.74 Å². The second-order valence-corrected chi connectivity index (χ2v) is 7.24. The minimum Gasteiger partial charge on any atom is -0.480 e. The smallest absolute Gasteiger partial charge is 0.224 e. The molecule has 1 aliphatic heterocycles. The zero-order valence-electron chi connectivity index (χ0n) is 12.3. The average Bonchev–Trinajstić information content (AvgIpc) is 2.86. The van der Waals surface area contributed by atoms with Gasteiger partial charge in [0.15, 0.2) is 0 Å². The number of ether oxygens (including phenoxy) is 1. The fraction of sp³-hybridized carbons (Fsp3) is 0.333. The molecule has 0 spiro atoms. The second-order valence-electron chi connectivity index (χ2n) is 5.15. The maximum atomic E-state index is 11.9. The van der Waals surface area contributed by atoms with Gasteiger partial charge in [0, 0.05) is 19.3 Å². The first kappa shape index (κ1) is 14.9. The summed E-state index contributed by atoms with van der Waals surface area (Å²) in [7, 11) is -1.53. The van der Waals surface area contributed by atoms with E-state index in [2.05, 4.69) is 9.97 Å². The Morgan fingerprint density at radius 1 is 1.36 bits per heavy atom. The van der Waals surface area contributed by atoms with Crippen LogP contribution in [0, 0.1) is 0 Å². The van der Waals surface area contributed by atoms with E-state index in [4.69, 9.17) is 4.74 Å². The van der Waals surface area contributed by atoms with Crippen molar-refractivity contribution in [3.8, 4) is 17.0 Å². The van der Waals surface area contributed by atoms with Gasteiger partial charge in [-0.25, -0.2) is 18.4 Å². The number of sulfonamides is 1. The standard InChI is InChI=1S/C15H17N3O3S/c1-21-15-14(9-16-11-17-15)13-5-2-4-12(8-13)10-18-6-3-7-22(18,19)20/h2,4-5,8-9,11H,3,6-7,10H2,1H3. The van der Waals surface area contributed by atoms with Gasteiger partial charge < -0.3 is 4.74 Å². The Labute approximate surface area is 129 Å². The van der Waals surface area contributed by atoms with E-state index in [1.54, 1.807) is 13.3 Å². The molecule has 1 aromatic heterocycles. The first-order valence-electron chi connectivity index (χ1n) is 7.01. The first-order chi connectivity index (χ1) is 10.6. The van der Waals surface area contributed by atoms with Gasteiger partial charge in [0.1, 0.15) is 6.33 Å². The SMILES string of the molecule is COc1ncncc1-c1cccc(CN2CCCS2(=O)=O)c1. The number of aromatic nitrogens is 2. The molecule has 1 aliphatic rings. The molecule has 0 aliphatic carbocycles. The minimum atomic E-state index is -3.09. The van der Waals surface area contributed by atoms with Crippen molar-refractivity contribution < 1.29 is 13.2 Å². The van der Waals surface area contributed by atoms with E-state index in [-0.39, 0.29) is 5.75 Å². The summed E-state index contributed by atoms with van der Waals surface area (Å²) in [6.45, 7) is 0.983. The van der Waals surface area contributed by atoms with Crippen molar-refractivity contribution in [1.82, 2.24) is 14.3 Å². The maximum Gasteiger partial charge on any atom is 0.224 e. The van der Waals surface area contributed by atoms with Gasteiger partial charge in [0.2, 0.25) is 15.9 Å². The van der Waals surface area contributed by atoms with Crippen molar-refractivity contribution in [3.05, 3.63) is 42.4 Å². The lowest BCUT2D eigenvalue weighted by Gasteiger charge is -2.15. The van der Waals surface area contributed by atoms with Crippen LogP contribution in [-0.4, -0.2) is 42.1 Å². The van der Waals surface area contributed by atoms with Gasteiger partial charge in [0.25, 0.3) is 0 Å². The van der Waals surface area contributed by atoms with Crippen LogP contribution in [0.3, 0.4) is 0 Å². The van der Waals surface area contributed by atoms with Crippen molar-refractivity contribution >= 4 is 10.0 Å². The third kappa shape index (κ3) is 2.95. The van der Waals surface area contributed by atoms with Crippen molar-refractivity contribution in [2.24, 2.45) is 0 Å². The Morgan fingerprint density at radius 3 is 2.95 bits per heavy atom. The molecule has 22 heavy (non-hydrogen) atoms. The van der Waals surface area contributed by atoms with Crippen LogP contribution in [0.15, 0.2) is 36.8 Å². The molecule has 0 bridgehead atoms. The summed E-state index contributed by atoms with van der Waals surface area (Å²) in [6, 6.07) is 7.71. The van der Waals surface area contributed by atoms with E-state index < -0.39 is 10.0 Å². The Kier molecular flexibility index (Phi) is 4.08. The van der Waals surface area contributed by atoms with Gasteiger partial charge >= 0.3 is 0 Å². The van der Waals surface area contributed by atoms with Gasteiger partial charge in [-0.05, 0) is 23.6 Å². The first-order valence-corrected chi connectivity index (χ1v) is 8.62. The molecular formula is C15H17N3O3S. The van der Waals surface area contributed by atoms with Gasteiger partial charge in [-0.3, -0.25) is 0 Å². The highest BCUT2D eigenvalue weighted by molar-refractivity contribution is 7.89. The predicted octanol–water partition coefficient (Wildman–Crippen LogP) is 1.69. The van der Waals surface area contributed by atoms with Crippen LogP contribution >= 0.6 is 0 Å². The molecule has 6 nitrogen and oxygen atoms in total. The van der Waals surface area contributed by atoms with E-state index in [1.807, 2.05) is 24.3 Å². The number of rotatable bonds is 4. The molecule has 2 aromatic rings. The molecule has 0 atom stereocenters. The maximum absolute atomic E-state index is 11.9. The van der Waals surface area contributed by atoms with Crippen molar-refractivity contribution in [2.75, 3.05) is 19.4 Å². The molecule has 0 amide bonds. The van der Waals surface area contributed by atoms with Crippen LogP contribution in [0.5, 0.6) is 5.88 Å². The summed E-state index contributed by atoms with van der Waals surface area (Å²) in [5.41, 5.74) is 2.64. The van der Waals surface area contributed by atoms with Gasteiger partial charge in [-0.2, -0.15) is 4.31 Å². The molecule has 0 N–H and O–H groups in total. The highest BCUT2D eigenvalue weighted by Gasteiger charge is 2.28. The molecule has 116 valence electrons. The Hall–Kier alpha value is -1.99. The van der Waals surface area contributed by atoms with E-state index in [1.165, 1.54) is 10.6 Å². The lowest BCUT2D eigenvalue weighted by Crippen LogP contribution is -2.25. The average molecular weight is 319 g/mol. The Bertz CT molecular complexity index is 777. The lowest BCUT2D eigenvalue weighted by molar-refractivity contribution is 0.398. The predicted molar refractivity (Wildman–Crippen MR) is 82.8 cm³/mol. The highest BCUT2D eigenvalue weighted by atomic mass is 32.2. The molecule has 0 unspecified atom stereocenters. The summed E-state index contributed by atoms with van der Waals surface area (Å²) in [5.74, 6) is 0.744. The number of nitrogens with zero attached hydrogens (tertiary/aromatic N) is 3. The number of benzene rings is 1. The van der Waals surface area contributed by atoms with Crippen LogP contribution in [0.2, 0.25) is 0 Å². The zero-order chi connectivity index (χ0) is 15.6.